The van der Waals surface area contributed by atoms with E-state index in [4.69, 9.17) is 0 Å². The first-order valence-corrected chi connectivity index (χ1v) is 7.61. The van der Waals surface area contributed by atoms with Crippen LogP contribution in [0.25, 0.3) is 0 Å². The predicted octanol–water partition coefficient (Wildman–Crippen LogP) is 3.37. The summed E-state index contributed by atoms with van der Waals surface area (Å²) >= 11 is 0. The molecule has 0 aliphatic rings. The summed E-state index contributed by atoms with van der Waals surface area (Å²) < 4.78 is 0. The number of carbonyl (C=O) groups excluding carboxylic acids is 1. The van der Waals surface area contributed by atoms with E-state index < -0.39 is 12.0 Å². The van der Waals surface area contributed by atoms with E-state index in [-0.39, 0.29) is 18.2 Å². The van der Waals surface area contributed by atoms with Crippen LogP contribution in [-0.2, 0) is 4.79 Å². The lowest BCUT2D eigenvalue weighted by Gasteiger charge is -2.20. The van der Waals surface area contributed by atoms with Crippen LogP contribution in [0.4, 0.5) is 0 Å². The first kappa shape index (κ1) is 16.9. The van der Waals surface area contributed by atoms with E-state index in [9.17, 15) is 14.7 Å². The molecule has 4 heteroatoms. The molecule has 0 aliphatic carbocycles. The number of hydrogen-bond donors (Lipinski definition) is 2. The molecule has 0 amide bonds. The third-order valence-electron chi connectivity index (χ3n) is 3.81. The zero-order valence-corrected chi connectivity index (χ0v) is 13.3. The van der Waals surface area contributed by atoms with Gasteiger partial charge >= 0.3 is 5.97 Å². The van der Waals surface area contributed by atoms with Gasteiger partial charge in [0.1, 0.15) is 6.04 Å². The van der Waals surface area contributed by atoms with Gasteiger partial charge in [0.2, 0.25) is 0 Å². The number of nitrogens with one attached hydrogen (secondary N) is 1. The van der Waals surface area contributed by atoms with Gasteiger partial charge in [0.05, 0.1) is 0 Å². The van der Waals surface area contributed by atoms with Crippen molar-refractivity contribution in [3.8, 4) is 0 Å². The van der Waals surface area contributed by atoms with E-state index >= 15 is 0 Å². The number of hydrogen-bond acceptors (Lipinski definition) is 3. The summed E-state index contributed by atoms with van der Waals surface area (Å²) in [5.41, 5.74) is 2.59. The van der Waals surface area contributed by atoms with E-state index in [1.54, 1.807) is 12.1 Å². The minimum absolute atomic E-state index is 0.0738. The number of Topliss-reactive ketones (excluding diaryl/α,β-unsaturated/α-hetero) is 1. The van der Waals surface area contributed by atoms with Gasteiger partial charge in [-0.2, -0.15) is 0 Å². The largest absolute Gasteiger partial charge is 0.480 e. The Balaban J connectivity index is 2.05. The van der Waals surface area contributed by atoms with Gasteiger partial charge in [0.25, 0.3) is 0 Å². The van der Waals surface area contributed by atoms with Gasteiger partial charge in [-0.1, -0.05) is 60.2 Å². The van der Waals surface area contributed by atoms with Crippen LogP contribution in [0.2, 0.25) is 0 Å². The quantitative estimate of drug-likeness (QED) is 0.769. The highest BCUT2D eigenvalue weighted by Crippen LogP contribution is 2.14. The number of carboxylic acids is 1. The topological polar surface area (TPSA) is 66.4 Å². The SMILES string of the molecule is Cc1ccc(C(=O)CC(N[C@@H](C)c2ccccc2)C(=O)O)cc1. The Morgan fingerprint density at radius 3 is 2.22 bits per heavy atom. The van der Waals surface area contributed by atoms with Crippen LogP contribution in [0.5, 0.6) is 0 Å². The van der Waals surface area contributed by atoms with Crippen molar-refractivity contribution in [2.75, 3.05) is 0 Å². The lowest BCUT2D eigenvalue weighted by molar-refractivity contribution is -0.139. The maximum atomic E-state index is 12.3. The zero-order chi connectivity index (χ0) is 16.8. The molecular formula is C19H21NO3. The van der Waals surface area contributed by atoms with E-state index in [0.29, 0.717) is 5.56 Å². The Morgan fingerprint density at radius 1 is 1.04 bits per heavy atom. The van der Waals surface area contributed by atoms with Crippen molar-refractivity contribution < 1.29 is 14.7 Å². The fraction of sp³-hybridized carbons (Fsp3) is 0.263. The normalized spacial score (nSPS) is 13.3. The summed E-state index contributed by atoms with van der Waals surface area (Å²) in [4.78, 5) is 23.8. The molecule has 120 valence electrons. The van der Waals surface area contributed by atoms with Crippen molar-refractivity contribution in [1.82, 2.24) is 5.32 Å². The Labute approximate surface area is 136 Å². The summed E-state index contributed by atoms with van der Waals surface area (Å²) in [6.45, 7) is 3.83. The Bertz CT molecular complexity index is 665. The van der Waals surface area contributed by atoms with E-state index in [1.807, 2.05) is 56.3 Å². The number of aliphatic carboxylic acids is 1. The molecule has 0 radical (unpaired) electrons. The van der Waals surface area contributed by atoms with E-state index in [1.165, 1.54) is 0 Å². The van der Waals surface area contributed by atoms with Crippen molar-refractivity contribution in [2.24, 2.45) is 0 Å². The molecule has 0 spiro atoms. The van der Waals surface area contributed by atoms with Gasteiger partial charge in [-0.15, -0.1) is 0 Å². The lowest BCUT2D eigenvalue weighted by atomic mass is 10.0. The second-order valence-corrected chi connectivity index (χ2v) is 5.68. The Morgan fingerprint density at radius 2 is 1.65 bits per heavy atom. The lowest BCUT2D eigenvalue weighted by Crippen LogP contribution is -2.40. The molecule has 0 heterocycles. The van der Waals surface area contributed by atoms with Crippen LogP contribution < -0.4 is 5.32 Å². The zero-order valence-electron chi connectivity index (χ0n) is 13.3. The number of ketones is 1. The molecule has 0 bridgehead atoms. The number of benzene rings is 2. The highest BCUT2D eigenvalue weighted by molar-refractivity contribution is 5.98. The number of aryl methyl sites for hydroxylation is 1. The van der Waals surface area contributed by atoms with Crippen LogP contribution in [0.15, 0.2) is 54.6 Å². The van der Waals surface area contributed by atoms with E-state index in [0.717, 1.165) is 11.1 Å². The van der Waals surface area contributed by atoms with Gasteiger partial charge in [0, 0.05) is 18.0 Å². The maximum absolute atomic E-state index is 12.3. The number of carbonyl (C=O) groups is 2. The highest BCUT2D eigenvalue weighted by atomic mass is 16.4. The van der Waals surface area contributed by atoms with Crippen LogP contribution >= 0.6 is 0 Å². The van der Waals surface area contributed by atoms with Gasteiger partial charge in [-0.3, -0.25) is 14.9 Å². The second-order valence-electron chi connectivity index (χ2n) is 5.68. The summed E-state index contributed by atoms with van der Waals surface area (Å²) in [5.74, 6) is -1.20. The molecule has 2 rings (SSSR count). The highest BCUT2D eigenvalue weighted by Gasteiger charge is 2.23. The number of carboxylic acid groups (broad SMARTS) is 1. The molecule has 2 N–H and O–H groups in total. The third-order valence-corrected chi connectivity index (χ3v) is 3.81. The van der Waals surface area contributed by atoms with Crippen LogP contribution in [-0.4, -0.2) is 22.9 Å². The molecule has 1 unspecified atom stereocenters. The van der Waals surface area contributed by atoms with Crippen molar-refractivity contribution in [3.63, 3.8) is 0 Å². The van der Waals surface area contributed by atoms with Crippen LogP contribution in [0.1, 0.15) is 40.9 Å². The summed E-state index contributed by atoms with van der Waals surface area (Å²) in [6.07, 6.45) is -0.0738. The molecule has 0 aromatic heterocycles. The molecule has 4 nitrogen and oxygen atoms in total. The summed E-state index contributed by atoms with van der Waals surface area (Å²) in [7, 11) is 0. The van der Waals surface area contributed by atoms with Crippen molar-refractivity contribution in [3.05, 3.63) is 71.3 Å². The summed E-state index contributed by atoms with van der Waals surface area (Å²) in [6, 6.07) is 15.7. The average molecular weight is 311 g/mol. The molecular weight excluding hydrogens is 290 g/mol. The molecule has 0 aliphatic heterocycles. The Hall–Kier alpha value is -2.46. The van der Waals surface area contributed by atoms with Gasteiger partial charge < -0.3 is 5.11 Å². The molecule has 0 saturated heterocycles. The van der Waals surface area contributed by atoms with Crippen LogP contribution in [0, 0.1) is 6.92 Å². The first-order chi connectivity index (χ1) is 11.0. The second kappa shape index (κ2) is 7.70. The predicted molar refractivity (Wildman–Crippen MR) is 89.5 cm³/mol. The van der Waals surface area contributed by atoms with Crippen molar-refractivity contribution >= 4 is 11.8 Å². The molecule has 0 saturated carbocycles. The van der Waals surface area contributed by atoms with Crippen molar-refractivity contribution in [2.45, 2.75) is 32.4 Å². The molecule has 2 atom stereocenters. The van der Waals surface area contributed by atoms with E-state index in [2.05, 4.69) is 5.32 Å². The smallest absolute Gasteiger partial charge is 0.321 e. The molecule has 2 aromatic carbocycles. The first-order valence-electron chi connectivity index (χ1n) is 7.61. The monoisotopic (exact) mass is 311 g/mol. The van der Waals surface area contributed by atoms with Gasteiger partial charge in [0.15, 0.2) is 5.78 Å². The minimum atomic E-state index is -1.02. The van der Waals surface area contributed by atoms with Crippen LogP contribution in [0.3, 0.4) is 0 Å². The Kier molecular flexibility index (Phi) is 5.66. The maximum Gasteiger partial charge on any atom is 0.321 e. The average Bonchev–Trinajstić information content (AvgIpc) is 2.55. The minimum Gasteiger partial charge on any atom is -0.480 e. The fourth-order valence-corrected chi connectivity index (χ4v) is 2.40. The fourth-order valence-electron chi connectivity index (χ4n) is 2.40. The molecule has 2 aromatic rings. The summed E-state index contributed by atoms with van der Waals surface area (Å²) in [5, 5.41) is 12.4. The van der Waals surface area contributed by atoms with Crippen molar-refractivity contribution in [1.29, 1.82) is 0 Å². The standard InChI is InChI=1S/C19H21NO3/c1-13-8-10-16(11-9-13)18(21)12-17(19(22)23)20-14(2)15-6-4-3-5-7-15/h3-11,14,17,20H,12H2,1-2H3,(H,22,23)/t14-,17?/m0/s1. The molecule has 23 heavy (non-hydrogen) atoms. The third kappa shape index (κ3) is 4.76. The molecule has 0 fully saturated rings. The van der Waals surface area contributed by atoms with Gasteiger partial charge in [-0.25, -0.2) is 0 Å². The van der Waals surface area contributed by atoms with Gasteiger partial charge in [-0.05, 0) is 19.4 Å². The number of rotatable bonds is 7.